The summed E-state index contributed by atoms with van der Waals surface area (Å²) in [5.41, 5.74) is 1.08. The second kappa shape index (κ2) is 7.64. The van der Waals surface area contributed by atoms with Crippen molar-refractivity contribution in [3.05, 3.63) is 52.0 Å². The first-order valence-electron chi connectivity index (χ1n) is 8.92. The van der Waals surface area contributed by atoms with Gasteiger partial charge in [0, 0.05) is 50.4 Å². The second-order valence-corrected chi connectivity index (χ2v) is 7.71. The smallest absolute Gasteiger partial charge is 0.264 e. The fourth-order valence-corrected chi connectivity index (χ4v) is 4.49. The van der Waals surface area contributed by atoms with Crippen LogP contribution in [-0.2, 0) is 11.3 Å². The molecule has 0 bridgehead atoms. The zero-order chi connectivity index (χ0) is 17.1. The first-order chi connectivity index (χ1) is 12.3. The molecule has 2 fully saturated rings. The fraction of sp³-hybridized carbons (Fsp3) is 0.474. The van der Waals surface area contributed by atoms with E-state index in [0.717, 1.165) is 62.7 Å². The van der Waals surface area contributed by atoms with E-state index in [2.05, 4.69) is 22.0 Å². The van der Waals surface area contributed by atoms with Gasteiger partial charge in [-0.3, -0.25) is 14.7 Å². The van der Waals surface area contributed by atoms with Gasteiger partial charge in [0.15, 0.2) is 0 Å². The molecule has 0 spiro atoms. The van der Waals surface area contributed by atoms with Crippen LogP contribution in [0, 0.1) is 0 Å². The Kier molecular flexibility index (Phi) is 5.10. The zero-order valence-electron chi connectivity index (χ0n) is 14.3. The number of piperazine rings is 1. The van der Waals surface area contributed by atoms with Gasteiger partial charge in [-0.05, 0) is 37.1 Å². The molecule has 4 rings (SSSR count). The number of ether oxygens (including phenoxy) is 1. The van der Waals surface area contributed by atoms with Crippen LogP contribution in [-0.4, -0.2) is 53.5 Å². The number of amides is 1. The Hall–Kier alpha value is -1.76. The lowest BCUT2D eigenvalue weighted by Gasteiger charge is -2.34. The third kappa shape index (κ3) is 3.92. The van der Waals surface area contributed by atoms with Crippen LogP contribution in [0.15, 0.2) is 36.5 Å². The van der Waals surface area contributed by atoms with Crippen LogP contribution in [0.2, 0.25) is 0 Å². The third-order valence-electron chi connectivity index (χ3n) is 4.86. The van der Waals surface area contributed by atoms with Crippen LogP contribution in [0.25, 0.3) is 0 Å². The summed E-state index contributed by atoms with van der Waals surface area (Å²) in [5, 5.41) is 0. The number of carbonyl (C=O) groups is 1. The molecule has 2 aliphatic rings. The topological polar surface area (TPSA) is 45.7 Å². The van der Waals surface area contributed by atoms with E-state index in [1.54, 1.807) is 11.3 Å². The Labute approximate surface area is 152 Å². The SMILES string of the molecule is O=C(c1ccc([C@H]2CCCO2)s1)N1CCN(Cc2ccccn2)CC1. The normalized spacial score (nSPS) is 21.6. The third-order valence-corrected chi connectivity index (χ3v) is 6.02. The zero-order valence-corrected chi connectivity index (χ0v) is 15.1. The lowest BCUT2D eigenvalue weighted by Crippen LogP contribution is -2.48. The molecule has 0 unspecified atom stereocenters. The molecule has 132 valence electrons. The van der Waals surface area contributed by atoms with E-state index in [9.17, 15) is 4.79 Å². The van der Waals surface area contributed by atoms with E-state index in [4.69, 9.17) is 4.74 Å². The predicted octanol–water partition coefficient (Wildman–Crippen LogP) is 2.95. The van der Waals surface area contributed by atoms with Gasteiger partial charge in [-0.1, -0.05) is 6.07 Å². The highest BCUT2D eigenvalue weighted by Crippen LogP contribution is 2.33. The van der Waals surface area contributed by atoms with Gasteiger partial charge in [0.05, 0.1) is 16.7 Å². The average Bonchev–Trinajstić information content (AvgIpc) is 3.34. The Balaban J connectivity index is 1.32. The van der Waals surface area contributed by atoms with Crippen molar-refractivity contribution >= 4 is 17.2 Å². The molecule has 1 atom stereocenters. The largest absolute Gasteiger partial charge is 0.373 e. The Morgan fingerprint density at radius 2 is 2.08 bits per heavy atom. The van der Waals surface area contributed by atoms with Crippen LogP contribution < -0.4 is 0 Å². The van der Waals surface area contributed by atoms with Gasteiger partial charge >= 0.3 is 0 Å². The first-order valence-corrected chi connectivity index (χ1v) is 9.74. The van der Waals surface area contributed by atoms with Crippen molar-refractivity contribution in [1.82, 2.24) is 14.8 Å². The summed E-state index contributed by atoms with van der Waals surface area (Å²) in [4.78, 5) is 23.5. The summed E-state index contributed by atoms with van der Waals surface area (Å²) in [6.07, 6.45) is 4.21. The molecule has 5 nitrogen and oxygen atoms in total. The maximum absolute atomic E-state index is 12.8. The highest BCUT2D eigenvalue weighted by molar-refractivity contribution is 7.14. The van der Waals surface area contributed by atoms with Crippen LogP contribution in [0.4, 0.5) is 0 Å². The highest BCUT2D eigenvalue weighted by Gasteiger charge is 2.25. The van der Waals surface area contributed by atoms with Crippen molar-refractivity contribution < 1.29 is 9.53 Å². The van der Waals surface area contributed by atoms with Crippen molar-refractivity contribution in [3.63, 3.8) is 0 Å². The molecule has 2 saturated heterocycles. The molecule has 6 heteroatoms. The summed E-state index contributed by atoms with van der Waals surface area (Å²) < 4.78 is 5.72. The summed E-state index contributed by atoms with van der Waals surface area (Å²) in [6.45, 7) is 5.03. The molecule has 2 aromatic heterocycles. The van der Waals surface area contributed by atoms with E-state index < -0.39 is 0 Å². The van der Waals surface area contributed by atoms with Gasteiger partial charge in [-0.2, -0.15) is 0 Å². The molecule has 0 saturated carbocycles. The predicted molar refractivity (Wildman–Crippen MR) is 97.7 cm³/mol. The van der Waals surface area contributed by atoms with Crippen LogP contribution in [0.5, 0.6) is 0 Å². The Morgan fingerprint density at radius 3 is 2.80 bits per heavy atom. The van der Waals surface area contributed by atoms with Crippen molar-refractivity contribution in [3.8, 4) is 0 Å². The maximum atomic E-state index is 12.8. The fourth-order valence-electron chi connectivity index (χ4n) is 3.43. The van der Waals surface area contributed by atoms with Gasteiger partial charge in [0.1, 0.15) is 0 Å². The molecule has 2 aliphatic heterocycles. The highest BCUT2D eigenvalue weighted by atomic mass is 32.1. The van der Waals surface area contributed by atoms with Gasteiger partial charge in [-0.25, -0.2) is 0 Å². The monoisotopic (exact) mass is 357 g/mol. The molecule has 25 heavy (non-hydrogen) atoms. The minimum atomic E-state index is 0.159. The number of pyridine rings is 1. The average molecular weight is 357 g/mol. The summed E-state index contributed by atoms with van der Waals surface area (Å²) in [7, 11) is 0. The van der Waals surface area contributed by atoms with E-state index >= 15 is 0 Å². The second-order valence-electron chi connectivity index (χ2n) is 6.59. The van der Waals surface area contributed by atoms with E-state index in [1.165, 1.54) is 4.88 Å². The standard InChI is InChI=1S/C19H23N3O2S/c23-19(18-7-6-17(25-18)16-5-3-13-24-16)22-11-9-21(10-12-22)14-15-4-1-2-8-20-15/h1-2,4,6-8,16H,3,5,9-14H2/t16-/m1/s1. The van der Waals surface area contributed by atoms with Crippen molar-refractivity contribution in [2.75, 3.05) is 32.8 Å². The summed E-state index contributed by atoms with van der Waals surface area (Å²) in [5.74, 6) is 0.159. The number of nitrogens with zero attached hydrogens (tertiary/aromatic N) is 3. The quantitative estimate of drug-likeness (QED) is 0.844. The first kappa shape index (κ1) is 16.7. The lowest BCUT2D eigenvalue weighted by molar-refractivity contribution is 0.0632. The number of hydrogen-bond donors (Lipinski definition) is 0. The van der Waals surface area contributed by atoms with Crippen molar-refractivity contribution in [1.29, 1.82) is 0 Å². The summed E-state index contributed by atoms with van der Waals surface area (Å²) in [6, 6.07) is 10.0. The minimum Gasteiger partial charge on any atom is -0.373 e. The van der Waals surface area contributed by atoms with Crippen molar-refractivity contribution in [2.45, 2.75) is 25.5 Å². The molecular weight excluding hydrogens is 334 g/mol. The van der Waals surface area contributed by atoms with Gasteiger partial charge in [0.25, 0.3) is 5.91 Å². The number of thiophene rings is 1. The number of hydrogen-bond acceptors (Lipinski definition) is 5. The molecule has 4 heterocycles. The Morgan fingerprint density at radius 1 is 1.20 bits per heavy atom. The molecular formula is C19H23N3O2S. The number of carbonyl (C=O) groups excluding carboxylic acids is 1. The van der Waals surface area contributed by atoms with E-state index in [0.29, 0.717) is 0 Å². The molecule has 0 aromatic carbocycles. The molecule has 0 radical (unpaired) electrons. The van der Waals surface area contributed by atoms with Crippen molar-refractivity contribution in [2.24, 2.45) is 0 Å². The molecule has 0 N–H and O–H groups in total. The van der Waals surface area contributed by atoms with Gasteiger partial charge < -0.3 is 9.64 Å². The molecule has 0 aliphatic carbocycles. The molecule has 1 amide bonds. The van der Waals surface area contributed by atoms with E-state index in [-0.39, 0.29) is 12.0 Å². The number of rotatable bonds is 4. The lowest BCUT2D eigenvalue weighted by atomic mass is 10.2. The number of aromatic nitrogens is 1. The Bertz CT molecular complexity index is 704. The van der Waals surface area contributed by atoms with Gasteiger partial charge in [0.2, 0.25) is 0 Å². The maximum Gasteiger partial charge on any atom is 0.264 e. The van der Waals surface area contributed by atoms with Gasteiger partial charge in [-0.15, -0.1) is 11.3 Å². The molecule has 2 aromatic rings. The summed E-state index contributed by atoms with van der Waals surface area (Å²) >= 11 is 1.60. The van der Waals surface area contributed by atoms with Crippen LogP contribution in [0.3, 0.4) is 0 Å². The van der Waals surface area contributed by atoms with Crippen LogP contribution in [0.1, 0.15) is 39.2 Å². The van der Waals surface area contributed by atoms with Crippen LogP contribution >= 0.6 is 11.3 Å². The van der Waals surface area contributed by atoms with E-state index in [1.807, 2.05) is 29.3 Å². The minimum absolute atomic E-state index is 0.159.